The molecule has 0 aliphatic heterocycles. The summed E-state index contributed by atoms with van der Waals surface area (Å²) in [6.45, 7) is 0.316. The molecule has 1 fully saturated rings. The van der Waals surface area contributed by atoms with Crippen LogP contribution in [0.5, 0.6) is 0 Å². The number of carbonyl (C=O) groups excluding carboxylic acids is 2. The average molecular weight is 276 g/mol. The van der Waals surface area contributed by atoms with Crippen molar-refractivity contribution in [2.24, 2.45) is 11.8 Å². The van der Waals surface area contributed by atoms with Crippen molar-refractivity contribution >= 4 is 11.9 Å². The van der Waals surface area contributed by atoms with Crippen molar-refractivity contribution in [1.82, 2.24) is 0 Å². The Labute approximate surface area is 119 Å². The minimum atomic E-state index is -0.166. The fourth-order valence-electron chi connectivity index (χ4n) is 2.58. The lowest BCUT2D eigenvalue weighted by Gasteiger charge is -2.25. The third kappa shape index (κ3) is 3.83. The summed E-state index contributed by atoms with van der Waals surface area (Å²) in [6, 6.07) is 9.64. The Morgan fingerprint density at radius 3 is 2.10 bits per heavy atom. The Kier molecular flexibility index (Phi) is 5.16. The predicted molar refractivity (Wildman–Crippen MR) is 73.7 cm³/mol. The Morgan fingerprint density at radius 2 is 1.55 bits per heavy atom. The minimum Gasteiger partial charge on any atom is -0.469 e. The zero-order chi connectivity index (χ0) is 14.4. The highest BCUT2D eigenvalue weighted by Crippen LogP contribution is 2.30. The maximum Gasteiger partial charge on any atom is 0.309 e. The zero-order valence-electron chi connectivity index (χ0n) is 11.7. The van der Waals surface area contributed by atoms with Crippen LogP contribution in [-0.2, 0) is 25.7 Å². The van der Waals surface area contributed by atoms with Gasteiger partial charge in [-0.05, 0) is 31.2 Å². The fourth-order valence-corrected chi connectivity index (χ4v) is 2.58. The van der Waals surface area contributed by atoms with Crippen molar-refractivity contribution in [3.63, 3.8) is 0 Å². The lowest BCUT2D eigenvalue weighted by molar-refractivity contribution is -0.154. The van der Waals surface area contributed by atoms with Crippen molar-refractivity contribution in [3.8, 4) is 0 Å². The molecule has 0 amide bonds. The predicted octanol–water partition coefficient (Wildman–Crippen LogP) is 2.71. The summed E-state index contributed by atoms with van der Waals surface area (Å²) >= 11 is 0. The second-order valence-corrected chi connectivity index (χ2v) is 5.17. The normalized spacial score (nSPS) is 22.1. The van der Waals surface area contributed by atoms with Gasteiger partial charge in [0, 0.05) is 0 Å². The number of hydrogen-bond donors (Lipinski definition) is 0. The SMILES string of the molecule is COC(=O)C1CCC(C(=O)OCc2ccccc2)CC1. The molecule has 1 aromatic carbocycles. The van der Waals surface area contributed by atoms with Crippen LogP contribution in [0.2, 0.25) is 0 Å². The monoisotopic (exact) mass is 276 g/mol. The molecule has 0 heterocycles. The summed E-state index contributed by atoms with van der Waals surface area (Å²) in [7, 11) is 1.41. The van der Waals surface area contributed by atoms with E-state index in [9.17, 15) is 9.59 Å². The van der Waals surface area contributed by atoms with Crippen LogP contribution >= 0.6 is 0 Å². The second kappa shape index (κ2) is 7.08. The first-order valence-electron chi connectivity index (χ1n) is 6.99. The number of carbonyl (C=O) groups is 2. The minimum absolute atomic E-state index is 0.0572. The van der Waals surface area contributed by atoms with Gasteiger partial charge in [-0.2, -0.15) is 0 Å². The number of ether oxygens (including phenoxy) is 2. The molecular weight excluding hydrogens is 256 g/mol. The van der Waals surface area contributed by atoms with Crippen molar-refractivity contribution in [2.75, 3.05) is 7.11 Å². The quantitative estimate of drug-likeness (QED) is 0.793. The molecule has 0 atom stereocenters. The first kappa shape index (κ1) is 14.6. The lowest BCUT2D eigenvalue weighted by Crippen LogP contribution is -2.27. The Morgan fingerprint density at radius 1 is 1.00 bits per heavy atom. The maximum absolute atomic E-state index is 12.0. The van der Waals surface area contributed by atoms with Crippen LogP contribution < -0.4 is 0 Å². The summed E-state index contributed by atoms with van der Waals surface area (Å²) in [4.78, 5) is 23.4. The average Bonchev–Trinajstić information content (AvgIpc) is 2.53. The number of methoxy groups -OCH3 is 1. The molecule has 0 bridgehead atoms. The van der Waals surface area contributed by atoms with E-state index in [4.69, 9.17) is 9.47 Å². The maximum atomic E-state index is 12.0. The van der Waals surface area contributed by atoms with Gasteiger partial charge in [0.25, 0.3) is 0 Å². The highest BCUT2D eigenvalue weighted by atomic mass is 16.5. The molecular formula is C16H20O4. The van der Waals surface area contributed by atoms with Gasteiger partial charge in [-0.15, -0.1) is 0 Å². The van der Waals surface area contributed by atoms with Crippen LogP contribution in [0.25, 0.3) is 0 Å². The molecule has 2 rings (SSSR count). The van der Waals surface area contributed by atoms with E-state index in [0.29, 0.717) is 32.3 Å². The molecule has 4 heteroatoms. The van der Waals surface area contributed by atoms with Crippen LogP contribution in [-0.4, -0.2) is 19.0 Å². The number of benzene rings is 1. The molecule has 1 aromatic rings. The van der Waals surface area contributed by atoms with Crippen LogP contribution in [0.15, 0.2) is 30.3 Å². The molecule has 0 N–H and O–H groups in total. The second-order valence-electron chi connectivity index (χ2n) is 5.17. The molecule has 0 unspecified atom stereocenters. The summed E-state index contributed by atoms with van der Waals surface area (Å²) in [5.41, 5.74) is 0.990. The molecule has 1 aliphatic rings. The first-order valence-corrected chi connectivity index (χ1v) is 6.99. The molecule has 0 aromatic heterocycles. The highest BCUT2D eigenvalue weighted by Gasteiger charge is 2.31. The molecule has 0 spiro atoms. The van der Waals surface area contributed by atoms with Crippen LogP contribution in [0, 0.1) is 11.8 Å². The lowest BCUT2D eigenvalue weighted by atomic mass is 9.82. The molecule has 0 radical (unpaired) electrons. The van der Waals surface area contributed by atoms with E-state index in [1.807, 2.05) is 30.3 Å². The van der Waals surface area contributed by atoms with Crippen LogP contribution in [0.3, 0.4) is 0 Å². The Bertz CT molecular complexity index is 447. The molecule has 0 saturated heterocycles. The van der Waals surface area contributed by atoms with Gasteiger partial charge in [0.2, 0.25) is 0 Å². The van der Waals surface area contributed by atoms with Gasteiger partial charge in [0.1, 0.15) is 6.61 Å². The fraction of sp³-hybridized carbons (Fsp3) is 0.500. The van der Waals surface area contributed by atoms with Gasteiger partial charge >= 0.3 is 11.9 Å². The molecule has 1 aliphatic carbocycles. The highest BCUT2D eigenvalue weighted by molar-refractivity contribution is 5.75. The topological polar surface area (TPSA) is 52.6 Å². The van der Waals surface area contributed by atoms with Gasteiger partial charge < -0.3 is 9.47 Å². The van der Waals surface area contributed by atoms with Gasteiger partial charge in [-0.25, -0.2) is 0 Å². The Hall–Kier alpha value is -1.84. The van der Waals surface area contributed by atoms with E-state index in [1.54, 1.807) is 0 Å². The van der Waals surface area contributed by atoms with E-state index in [0.717, 1.165) is 5.56 Å². The van der Waals surface area contributed by atoms with E-state index < -0.39 is 0 Å². The third-order valence-corrected chi connectivity index (χ3v) is 3.82. The number of esters is 2. The largest absolute Gasteiger partial charge is 0.469 e. The zero-order valence-corrected chi connectivity index (χ0v) is 11.7. The van der Waals surface area contributed by atoms with E-state index in [2.05, 4.69) is 0 Å². The number of rotatable bonds is 4. The third-order valence-electron chi connectivity index (χ3n) is 3.82. The van der Waals surface area contributed by atoms with E-state index in [1.165, 1.54) is 7.11 Å². The summed E-state index contributed by atoms with van der Waals surface area (Å²) < 4.78 is 10.1. The van der Waals surface area contributed by atoms with Crippen molar-refractivity contribution in [3.05, 3.63) is 35.9 Å². The summed E-state index contributed by atoms with van der Waals surface area (Å²) in [5, 5.41) is 0. The number of hydrogen-bond acceptors (Lipinski definition) is 4. The van der Waals surface area contributed by atoms with Gasteiger partial charge in [-0.3, -0.25) is 9.59 Å². The van der Waals surface area contributed by atoms with Crippen molar-refractivity contribution < 1.29 is 19.1 Å². The van der Waals surface area contributed by atoms with E-state index in [-0.39, 0.29) is 23.8 Å². The molecule has 1 saturated carbocycles. The molecule has 20 heavy (non-hydrogen) atoms. The van der Waals surface area contributed by atoms with Gasteiger partial charge in [-0.1, -0.05) is 30.3 Å². The molecule has 4 nitrogen and oxygen atoms in total. The molecule has 108 valence electrons. The first-order chi connectivity index (χ1) is 9.70. The van der Waals surface area contributed by atoms with Crippen molar-refractivity contribution in [2.45, 2.75) is 32.3 Å². The van der Waals surface area contributed by atoms with Gasteiger partial charge in [0.15, 0.2) is 0 Å². The van der Waals surface area contributed by atoms with Crippen LogP contribution in [0.4, 0.5) is 0 Å². The standard InChI is InChI=1S/C16H20O4/c1-19-15(17)13-7-9-14(10-8-13)16(18)20-11-12-5-3-2-4-6-12/h2-6,13-14H,7-11H2,1H3. The summed E-state index contributed by atoms with van der Waals surface area (Å²) in [6.07, 6.45) is 2.82. The van der Waals surface area contributed by atoms with Crippen LogP contribution in [0.1, 0.15) is 31.2 Å². The van der Waals surface area contributed by atoms with Crippen molar-refractivity contribution in [1.29, 1.82) is 0 Å². The smallest absolute Gasteiger partial charge is 0.309 e. The summed E-state index contributed by atoms with van der Waals surface area (Å²) in [5.74, 6) is -0.462. The van der Waals surface area contributed by atoms with E-state index >= 15 is 0 Å². The van der Waals surface area contributed by atoms with Gasteiger partial charge in [0.05, 0.1) is 18.9 Å². The Balaban J connectivity index is 1.76.